The molecule has 0 aromatic heterocycles. The van der Waals surface area contributed by atoms with Gasteiger partial charge in [-0.25, -0.2) is 17.6 Å². The van der Waals surface area contributed by atoms with Gasteiger partial charge in [0.05, 0.1) is 0 Å². The van der Waals surface area contributed by atoms with E-state index in [-0.39, 0.29) is 12.8 Å². The molecule has 0 amide bonds. The Kier molecular flexibility index (Phi) is 6.05. The van der Waals surface area contributed by atoms with Gasteiger partial charge in [-0.2, -0.15) is 0 Å². The predicted molar refractivity (Wildman–Crippen MR) is 145 cm³/mol. The van der Waals surface area contributed by atoms with Crippen LogP contribution in [0.25, 0.3) is 32.3 Å². The lowest BCUT2D eigenvalue weighted by molar-refractivity contribution is 0.348. The Labute approximate surface area is 214 Å². The molecule has 0 bridgehead atoms. The molecule has 0 spiro atoms. The first kappa shape index (κ1) is 25.3. The fourth-order valence-electron chi connectivity index (χ4n) is 5.81. The van der Waals surface area contributed by atoms with E-state index in [9.17, 15) is 0 Å². The lowest BCUT2D eigenvalue weighted by Crippen LogP contribution is -2.30. The zero-order valence-electron chi connectivity index (χ0n) is 21.8. The van der Waals surface area contributed by atoms with Gasteiger partial charge in [-0.3, -0.25) is 0 Å². The van der Waals surface area contributed by atoms with Crippen molar-refractivity contribution in [2.24, 2.45) is 0 Å². The molecule has 0 fully saturated rings. The van der Waals surface area contributed by atoms with Gasteiger partial charge in [0.15, 0.2) is 23.3 Å². The zero-order valence-corrected chi connectivity index (χ0v) is 21.8. The van der Waals surface area contributed by atoms with Gasteiger partial charge >= 0.3 is 0 Å². The second-order valence-corrected chi connectivity index (χ2v) is 11.3. The molecule has 0 N–H and O–H groups in total. The van der Waals surface area contributed by atoms with Crippen molar-refractivity contribution in [2.45, 2.75) is 58.3 Å². The summed E-state index contributed by atoms with van der Waals surface area (Å²) in [6, 6.07) is 22.2. The minimum atomic E-state index is -1.31. The third-order valence-corrected chi connectivity index (χ3v) is 7.83. The standard InChI is InChI=1S/C33H30F4/c1-6-33(5,27-30(36)28(34)26(32(2,3)4)29(35)31(27)37)18-19-12-11-17-24-22-14-8-7-13-20(22)21-15-9-10-16-23(21)25(19)24/h7-17H,6,18H2,1-5H3. The molecule has 1 unspecified atom stereocenters. The predicted octanol–water partition coefficient (Wildman–Crippen LogP) is 9.91. The molecule has 0 saturated heterocycles. The van der Waals surface area contributed by atoms with Crippen LogP contribution in [-0.2, 0) is 17.3 Å². The van der Waals surface area contributed by atoms with E-state index in [2.05, 4.69) is 30.3 Å². The summed E-state index contributed by atoms with van der Waals surface area (Å²) in [7, 11) is 0. The Morgan fingerprint density at radius 3 is 1.41 bits per heavy atom. The Bertz CT molecular complexity index is 1600. The van der Waals surface area contributed by atoms with Crippen molar-refractivity contribution >= 4 is 32.3 Å². The monoisotopic (exact) mass is 502 g/mol. The first-order valence-corrected chi connectivity index (χ1v) is 12.7. The smallest absolute Gasteiger partial charge is 0.166 e. The van der Waals surface area contributed by atoms with Crippen LogP contribution in [0.2, 0.25) is 0 Å². The molecule has 37 heavy (non-hydrogen) atoms. The van der Waals surface area contributed by atoms with Crippen molar-refractivity contribution in [2.75, 3.05) is 0 Å². The number of rotatable bonds is 4. The van der Waals surface area contributed by atoms with Crippen LogP contribution in [0.1, 0.15) is 57.7 Å². The zero-order chi connectivity index (χ0) is 26.7. The summed E-state index contributed by atoms with van der Waals surface area (Å²) in [5.74, 6) is -5.22. The fourth-order valence-corrected chi connectivity index (χ4v) is 5.81. The highest BCUT2D eigenvalue weighted by Crippen LogP contribution is 2.43. The number of hydrogen-bond acceptors (Lipinski definition) is 0. The molecule has 0 radical (unpaired) electrons. The average molecular weight is 503 g/mol. The highest BCUT2D eigenvalue weighted by atomic mass is 19.2. The summed E-state index contributed by atoms with van der Waals surface area (Å²) in [6.07, 6.45) is 0.501. The maximum atomic E-state index is 15.6. The minimum absolute atomic E-state index is 0.213. The molecule has 5 aromatic carbocycles. The maximum Gasteiger partial charge on any atom is 0.166 e. The minimum Gasteiger partial charge on any atom is -0.203 e. The van der Waals surface area contributed by atoms with Crippen molar-refractivity contribution < 1.29 is 17.6 Å². The van der Waals surface area contributed by atoms with E-state index in [4.69, 9.17) is 0 Å². The van der Waals surface area contributed by atoms with Crippen molar-refractivity contribution in [3.05, 3.63) is 107 Å². The van der Waals surface area contributed by atoms with E-state index in [1.807, 2.05) is 36.4 Å². The molecule has 1 atom stereocenters. The van der Waals surface area contributed by atoms with Crippen LogP contribution in [0.4, 0.5) is 17.6 Å². The van der Waals surface area contributed by atoms with E-state index < -0.39 is 45.2 Å². The number of benzene rings is 5. The van der Waals surface area contributed by atoms with E-state index >= 15 is 17.6 Å². The fraction of sp³-hybridized carbons (Fsp3) is 0.273. The van der Waals surface area contributed by atoms with Crippen LogP contribution in [-0.4, -0.2) is 0 Å². The number of fused-ring (bicyclic) bond motifs is 6. The normalized spacial score (nSPS) is 14.0. The largest absolute Gasteiger partial charge is 0.203 e. The first-order chi connectivity index (χ1) is 17.5. The van der Waals surface area contributed by atoms with Crippen molar-refractivity contribution in [1.82, 2.24) is 0 Å². The molecule has 5 aromatic rings. The molecule has 5 rings (SSSR count). The SMILES string of the molecule is CCC(C)(Cc1cccc2c3ccccc3c3ccccc3c12)c1c(F)c(F)c(C(C)(C)C)c(F)c1F. The second kappa shape index (κ2) is 8.86. The van der Waals surface area contributed by atoms with Gasteiger partial charge in [-0.15, -0.1) is 0 Å². The van der Waals surface area contributed by atoms with Gasteiger partial charge in [0.2, 0.25) is 0 Å². The lowest BCUT2D eigenvalue weighted by atomic mass is 9.72. The third-order valence-electron chi connectivity index (χ3n) is 7.83. The highest BCUT2D eigenvalue weighted by molar-refractivity contribution is 6.26. The van der Waals surface area contributed by atoms with Crippen LogP contribution < -0.4 is 0 Å². The Morgan fingerprint density at radius 1 is 0.541 bits per heavy atom. The number of halogens is 4. The van der Waals surface area contributed by atoms with Crippen LogP contribution in [0, 0.1) is 23.3 Å². The average Bonchev–Trinajstić information content (AvgIpc) is 2.87. The second-order valence-electron chi connectivity index (χ2n) is 11.3. The molecular weight excluding hydrogens is 472 g/mol. The quantitative estimate of drug-likeness (QED) is 0.130. The van der Waals surface area contributed by atoms with Crippen LogP contribution >= 0.6 is 0 Å². The van der Waals surface area contributed by atoms with Gasteiger partial charge in [0, 0.05) is 16.5 Å². The van der Waals surface area contributed by atoms with Crippen LogP contribution in [0.15, 0.2) is 66.7 Å². The van der Waals surface area contributed by atoms with Gasteiger partial charge in [-0.1, -0.05) is 101 Å². The topological polar surface area (TPSA) is 0 Å². The summed E-state index contributed by atoms with van der Waals surface area (Å²) < 4.78 is 61.7. The lowest BCUT2D eigenvalue weighted by Gasteiger charge is -2.32. The van der Waals surface area contributed by atoms with E-state index in [1.54, 1.807) is 13.8 Å². The molecule has 0 aliphatic carbocycles. The first-order valence-electron chi connectivity index (χ1n) is 12.7. The molecule has 0 heterocycles. The molecule has 190 valence electrons. The Hall–Kier alpha value is -3.40. The van der Waals surface area contributed by atoms with Crippen LogP contribution in [0.3, 0.4) is 0 Å². The maximum absolute atomic E-state index is 15.6. The van der Waals surface area contributed by atoms with Crippen LogP contribution in [0.5, 0.6) is 0 Å². The Balaban J connectivity index is 1.79. The van der Waals surface area contributed by atoms with E-state index in [0.29, 0.717) is 0 Å². The summed E-state index contributed by atoms with van der Waals surface area (Å²) in [6.45, 7) is 8.10. The summed E-state index contributed by atoms with van der Waals surface area (Å²) in [5, 5.41) is 6.35. The van der Waals surface area contributed by atoms with E-state index in [0.717, 1.165) is 37.9 Å². The molecule has 0 aliphatic heterocycles. The molecule has 0 saturated carbocycles. The van der Waals surface area contributed by atoms with Gasteiger partial charge in [-0.05, 0) is 56.1 Å². The van der Waals surface area contributed by atoms with Gasteiger partial charge in [0.1, 0.15) is 0 Å². The highest BCUT2D eigenvalue weighted by Gasteiger charge is 2.39. The van der Waals surface area contributed by atoms with Crippen molar-refractivity contribution in [3.8, 4) is 0 Å². The molecule has 0 nitrogen and oxygen atoms in total. The summed E-state index contributed by atoms with van der Waals surface area (Å²) >= 11 is 0. The Morgan fingerprint density at radius 2 is 0.946 bits per heavy atom. The van der Waals surface area contributed by atoms with Gasteiger partial charge in [0.25, 0.3) is 0 Å². The van der Waals surface area contributed by atoms with Crippen molar-refractivity contribution in [3.63, 3.8) is 0 Å². The third kappa shape index (κ3) is 3.89. The van der Waals surface area contributed by atoms with Gasteiger partial charge < -0.3 is 0 Å². The molecule has 4 heteroatoms. The summed E-state index contributed by atoms with van der Waals surface area (Å²) in [5.41, 5.74) is -2.49. The summed E-state index contributed by atoms with van der Waals surface area (Å²) in [4.78, 5) is 0. The van der Waals surface area contributed by atoms with Crippen molar-refractivity contribution in [1.29, 1.82) is 0 Å². The number of hydrogen-bond donors (Lipinski definition) is 0. The van der Waals surface area contributed by atoms with E-state index in [1.165, 1.54) is 20.8 Å². The molecular formula is C33H30F4. The molecule has 0 aliphatic rings.